The third-order valence-electron chi connectivity index (χ3n) is 4.51. The second-order valence-corrected chi connectivity index (χ2v) is 8.57. The smallest absolute Gasteiger partial charge is 0.224 e. The van der Waals surface area contributed by atoms with Gasteiger partial charge in [0.15, 0.2) is 0 Å². The van der Waals surface area contributed by atoms with E-state index in [0.29, 0.717) is 31.4 Å². The fourth-order valence-corrected chi connectivity index (χ4v) is 4.65. The molecule has 1 aliphatic rings. The maximum atomic E-state index is 12.6. The molecule has 1 N–H and O–H groups in total. The number of nitriles is 1. The van der Waals surface area contributed by atoms with Gasteiger partial charge in [-0.05, 0) is 43.9 Å². The van der Waals surface area contributed by atoms with E-state index in [9.17, 15) is 13.2 Å². The molecular formula is C18H25N3O3S. The Hall–Kier alpha value is -1.91. The lowest BCUT2D eigenvalue weighted by Gasteiger charge is -2.31. The molecule has 1 aromatic rings. The van der Waals surface area contributed by atoms with Gasteiger partial charge in [-0.1, -0.05) is 19.1 Å². The zero-order valence-corrected chi connectivity index (χ0v) is 15.6. The third kappa shape index (κ3) is 5.03. The lowest BCUT2D eigenvalue weighted by molar-refractivity contribution is -0.126. The number of nitrogens with zero attached hydrogens (tertiary/aromatic N) is 2. The molecule has 2 rings (SSSR count). The van der Waals surface area contributed by atoms with Gasteiger partial charge in [-0.25, -0.2) is 12.7 Å². The molecule has 1 fully saturated rings. The zero-order chi connectivity index (χ0) is 18.4. The molecule has 2 atom stereocenters. The Labute approximate surface area is 149 Å². The molecule has 0 unspecified atom stereocenters. The molecule has 0 aromatic heterocycles. The highest BCUT2D eigenvalue weighted by molar-refractivity contribution is 7.89. The summed E-state index contributed by atoms with van der Waals surface area (Å²) in [4.78, 5) is 12.6. The van der Waals surface area contributed by atoms with Gasteiger partial charge in [-0.3, -0.25) is 4.79 Å². The van der Waals surface area contributed by atoms with Gasteiger partial charge in [0.1, 0.15) is 0 Å². The average Bonchev–Trinajstić information content (AvgIpc) is 2.61. The fraction of sp³-hybridized carbons (Fsp3) is 0.556. The minimum Gasteiger partial charge on any atom is -0.349 e. The van der Waals surface area contributed by atoms with Crippen molar-refractivity contribution in [1.82, 2.24) is 9.62 Å². The number of nitrogens with one attached hydrogen (secondary N) is 1. The molecule has 0 saturated carbocycles. The van der Waals surface area contributed by atoms with Crippen molar-refractivity contribution >= 4 is 15.9 Å². The van der Waals surface area contributed by atoms with Crippen LogP contribution >= 0.6 is 0 Å². The number of hydrogen-bond acceptors (Lipinski definition) is 4. The molecule has 0 spiro atoms. The van der Waals surface area contributed by atoms with Crippen LogP contribution in [0.4, 0.5) is 0 Å². The van der Waals surface area contributed by atoms with Crippen LogP contribution in [0.5, 0.6) is 0 Å². The Kier molecular flexibility index (Phi) is 6.57. The molecule has 1 heterocycles. The van der Waals surface area contributed by atoms with Gasteiger partial charge in [-0.2, -0.15) is 5.26 Å². The summed E-state index contributed by atoms with van der Waals surface area (Å²) in [7, 11) is -3.27. The summed E-state index contributed by atoms with van der Waals surface area (Å²) < 4.78 is 25.9. The first-order valence-corrected chi connectivity index (χ1v) is 10.3. The first kappa shape index (κ1) is 19.4. The molecule has 1 aromatic carbocycles. The molecule has 25 heavy (non-hydrogen) atoms. The normalized spacial score (nSPS) is 19.8. The topological polar surface area (TPSA) is 90.3 Å². The van der Waals surface area contributed by atoms with Crippen LogP contribution in [-0.2, 0) is 14.8 Å². The van der Waals surface area contributed by atoms with Crippen molar-refractivity contribution in [2.45, 2.75) is 39.2 Å². The third-order valence-corrected chi connectivity index (χ3v) is 6.55. The van der Waals surface area contributed by atoms with E-state index < -0.39 is 10.0 Å². The maximum absolute atomic E-state index is 12.6. The number of benzene rings is 1. The summed E-state index contributed by atoms with van der Waals surface area (Å²) in [6.07, 6.45) is 1.97. The van der Waals surface area contributed by atoms with Crippen LogP contribution in [0, 0.1) is 17.2 Å². The summed E-state index contributed by atoms with van der Waals surface area (Å²) in [5.74, 6) is -0.308. The molecule has 0 radical (unpaired) electrons. The van der Waals surface area contributed by atoms with Crippen molar-refractivity contribution in [2.75, 3.05) is 18.8 Å². The van der Waals surface area contributed by atoms with Crippen LogP contribution < -0.4 is 5.32 Å². The van der Waals surface area contributed by atoms with Gasteiger partial charge in [0, 0.05) is 13.1 Å². The SMILES string of the molecule is CCCS(=O)(=O)N1CCC[C@@H](C(=O)N[C@H](C)c2ccc(C#N)cc2)C1. The number of sulfonamides is 1. The Bertz CT molecular complexity index is 738. The number of piperidine rings is 1. The van der Waals surface area contributed by atoms with Crippen molar-refractivity contribution in [3.05, 3.63) is 35.4 Å². The van der Waals surface area contributed by atoms with Gasteiger partial charge in [0.05, 0.1) is 29.3 Å². The summed E-state index contributed by atoms with van der Waals surface area (Å²) >= 11 is 0. The van der Waals surface area contributed by atoms with Gasteiger partial charge in [0.2, 0.25) is 15.9 Å². The predicted octanol–water partition coefficient (Wildman–Crippen LogP) is 2.19. The molecule has 1 saturated heterocycles. The first-order valence-electron chi connectivity index (χ1n) is 8.65. The van der Waals surface area contributed by atoms with E-state index in [1.807, 2.05) is 26.0 Å². The Morgan fingerprint density at radius 3 is 2.68 bits per heavy atom. The minimum absolute atomic E-state index is 0.117. The molecule has 0 bridgehead atoms. The lowest BCUT2D eigenvalue weighted by Crippen LogP contribution is -2.46. The predicted molar refractivity (Wildman–Crippen MR) is 96.1 cm³/mol. The Morgan fingerprint density at radius 1 is 1.40 bits per heavy atom. The summed E-state index contributed by atoms with van der Waals surface area (Å²) in [5.41, 5.74) is 1.49. The number of carbonyl (C=O) groups is 1. The van der Waals surface area contributed by atoms with Crippen molar-refractivity contribution in [1.29, 1.82) is 5.26 Å². The number of carbonyl (C=O) groups excluding carboxylic acids is 1. The van der Waals surface area contributed by atoms with Crippen LogP contribution in [0.2, 0.25) is 0 Å². The highest BCUT2D eigenvalue weighted by Crippen LogP contribution is 2.21. The quantitative estimate of drug-likeness (QED) is 0.839. The highest BCUT2D eigenvalue weighted by Gasteiger charge is 2.32. The van der Waals surface area contributed by atoms with E-state index >= 15 is 0 Å². The number of amides is 1. The second-order valence-electron chi connectivity index (χ2n) is 6.48. The van der Waals surface area contributed by atoms with E-state index in [0.717, 1.165) is 5.56 Å². The van der Waals surface area contributed by atoms with E-state index in [-0.39, 0.29) is 30.2 Å². The molecule has 7 heteroatoms. The molecule has 1 aliphatic heterocycles. The van der Waals surface area contributed by atoms with E-state index in [4.69, 9.17) is 5.26 Å². The summed E-state index contributed by atoms with van der Waals surface area (Å²) in [5, 5.41) is 11.8. The molecule has 1 amide bonds. The van der Waals surface area contributed by atoms with Crippen LogP contribution in [-0.4, -0.2) is 37.5 Å². The summed E-state index contributed by atoms with van der Waals surface area (Å²) in [6, 6.07) is 8.96. The van der Waals surface area contributed by atoms with Crippen molar-refractivity contribution < 1.29 is 13.2 Å². The maximum Gasteiger partial charge on any atom is 0.224 e. The van der Waals surface area contributed by atoms with Crippen LogP contribution in [0.15, 0.2) is 24.3 Å². The largest absolute Gasteiger partial charge is 0.349 e. The molecule has 6 nitrogen and oxygen atoms in total. The first-order chi connectivity index (χ1) is 11.9. The second kappa shape index (κ2) is 8.45. The monoisotopic (exact) mass is 363 g/mol. The van der Waals surface area contributed by atoms with Crippen molar-refractivity contribution in [3.8, 4) is 6.07 Å². The van der Waals surface area contributed by atoms with E-state index in [1.165, 1.54) is 4.31 Å². The van der Waals surface area contributed by atoms with Crippen molar-refractivity contribution in [3.63, 3.8) is 0 Å². The van der Waals surface area contributed by atoms with Crippen LogP contribution in [0.1, 0.15) is 50.3 Å². The van der Waals surface area contributed by atoms with Crippen LogP contribution in [0.25, 0.3) is 0 Å². The lowest BCUT2D eigenvalue weighted by atomic mass is 9.97. The Balaban J connectivity index is 1.98. The standard InChI is InChI=1S/C18H25N3O3S/c1-3-11-25(23,24)21-10-4-5-17(13-21)18(22)20-14(2)16-8-6-15(12-19)7-9-16/h6-9,14,17H,3-5,10-11,13H2,1-2H3,(H,20,22)/t14-,17-/m1/s1. The summed E-state index contributed by atoms with van der Waals surface area (Å²) in [6.45, 7) is 4.48. The number of rotatable bonds is 6. The van der Waals surface area contributed by atoms with Gasteiger partial charge in [-0.15, -0.1) is 0 Å². The van der Waals surface area contributed by atoms with E-state index in [2.05, 4.69) is 11.4 Å². The fourth-order valence-electron chi connectivity index (χ4n) is 3.06. The average molecular weight is 363 g/mol. The van der Waals surface area contributed by atoms with Crippen molar-refractivity contribution in [2.24, 2.45) is 5.92 Å². The molecule has 0 aliphatic carbocycles. The van der Waals surface area contributed by atoms with Gasteiger partial charge >= 0.3 is 0 Å². The Morgan fingerprint density at radius 2 is 2.08 bits per heavy atom. The zero-order valence-electron chi connectivity index (χ0n) is 14.7. The van der Waals surface area contributed by atoms with E-state index in [1.54, 1.807) is 12.1 Å². The number of hydrogen-bond donors (Lipinski definition) is 1. The van der Waals surface area contributed by atoms with Crippen LogP contribution in [0.3, 0.4) is 0 Å². The van der Waals surface area contributed by atoms with Gasteiger partial charge in [0.25, 0.3) is 0 Å². The van der Waals surface area contributed by atoms with Gasteiger partial charge < -0.3 is 5.32 Å². The highest BCUT2D eigenvalue weighted by atomic mass is 32.2. The minimum atomic E-state index is -3.27. The molecule has 136 valence electrons. The molecular weight excluding hydrogens is 338 g/mol.